The van der Waals surface area contributed by atoms with Gasteiger partial charge in [-0.25, -0.2) is 4.79 Å². The normalized spacial score (nSPS) is 15.8. The molecule has 0 aliphatic heterocycles. The van der Waals surface area contributed by atoms with Crippen molar-refractivity contribution < 1.29 is 4.79 Å². The number of rotatable bonds is 3. The monoisotopic (exact) mass is 233 g/mol. The lowest BCUT2D eigenvalue weighted by atomic mass is 10.1. The van der Waals surface area contributed by atoms with Crippen molar-refractivity contribution in [2.24, 2.45) is 5.92 Å². The van der Waals surface area contributed by atoms with E-state index in [0.717, 1.165) is 17.9 Å². The number of urea groups is 1. The van der Waals surface area contributed by atoms with Crippen LogP contribution in [0.5, 0.6) is 0 Å². The molecule has 4 heteroatoms. The SMILES string of the molecule is Cc1ccc(NC(=O)NCC2CCCC2)cn1. The number of aromatic nitrogens is 1. The summed E-state index contributed by atoms with van der Waals surface area (Å²) in [5, 5.41) is 5.69. The summed E-state index contributed by atoms with van der Waals surface area (Å²) in [7, 11) is 0. The highest BCUT2D eigenvalue weighted by atomic mass is 16.2. The van der Waals surface area contributed by atoms with Crippen molar-refractivity contribution in [2.45, 2.75) is 32.6 Å². The van der Waals surface area contributed by atoms with Gasteiger partial charge in [0.2, 0.25) is 0 Å². The van der Waals surface area contributed by atoms with Crippen LogP contribution in [0.15, 0.2) is 18.3 Å². The molecular weight excluding hydrogens is 214 g/mol. The Morgan fingerprint density at radius 2 is 2.18 bits per heavy atom. The Balaban J connectivity index is 1.74. The van der Waals surface area contributed by atoms with E-state index in [1.54, 1.807) is 6.20 Å². The molecule has 1 aromatic rings. The maximum atomic E-state index is 11.6. The van der Waals surface area contributed by atoms with E-state index in [4.69, 9.17) is 0 Å². The van der Waals surface area contributed by atoms with E-state index in [1.165, 1.54) is 25.7 Å². The van der Waals surface area contributed by atoms with Crippen LogP contribution in [-0.4, -0.2) is 17.6 Å². The van der Waals surface area contributed by atoms with Crippen LogP contribution in [0, 0.1) is 12.8 Å². The molecule has 0 spiro atoms. The lowest BCUT2D eigenvalue weighted by Gasteiger charge is -2.11. The minimum absolute atomic E-state index is 0.137. The number of anilines is 1. The third-order valence-electron chi connectivity index (χ3n) is 3.20. The fourth-order valence-electron chi connectivity index (χ4n) is 2.17. The summed E-state index contributed by atoms with van der Waals surface area (Å²) in [6, 6.07) is 3.60. The number of amides is 2. The third kappa shape index (κ3) is 3.73. The third-order valence-corrected chi connectivity index (χ3v) is 3.20. The van der Waals surface area contributed by atoms with Crippen molar-refractivity contribution in [3.8, 4) is 0 Å². The zero-order chi connectivity index (χ0) is 12.1. The van der Waals surface area contributed by atoms with Gasteiger partial charge in [-0.2, -0.15) is 0 Å². The second-order valence-electron chi connectivity index (χ2n) is 4.67. The highest BCUT2D eigenvalue weighted by Gasteiger charge is 2.15. The van der Waals surface area contributed by atoms with Crippen molar-refractivity contribution in [2.75, 3.05) is 11.9 Å². The molecule has 0 unspecified atom stereocenters. The average molecular weight is 233 g/mol. The van der Waals surface area contributed by atoms with Gasteiger partial charge in [0.15, 0.2) is 0 Å². The average Bonchev–Trinajstić information content (AvgIpc) is 2.83. The van der Waals surface area contributed by atoms with Crippen LogP contribution in [0.25, 0.3) is 0 Å². The van der Waals surface area contributed by atoms with Gasteiger partial charge in [-0.1, -0.05) is 12.8 Å². The molecule has 0 aromatic carbocycles. The van der Waals surface area contributed by atoms with Crippen LogP contribution in [0.1, 0.15) is 31.4 Å². The van der Waals surface area contributed by atoms with Gasteiger partial charge in [-0.05, 0) is 37.8 Å². The van der Waals surface area contributed by atoms with Crippen molar-refractivity contribution in [1.29, 1.82) is 0 Å². The predicted octanol–water partition coefficient (Wildman–Crippen LogP) is 2.70. The summed E-state index contributed by atoms with van der Waals surface area (Å²) in [5.74, 6) is 0.664. The van der Waals surface area contributed by atoms with Gasteiger partial charge in [0.1, 0.15) is 0 Å². The van der Waals surface area contributed by atoms with Crippen LogP contribution in [0.3, 0.4) is 0 Å². The van der Waals surface area contributed by atoms with Crippen molar-refractivity contribution >= 4 is 11.7 Å². The first-order valence-corrected chi connectivity index (χ1v) is 6.21. The summed E-state index contributed by atoms with van der Waals surface area (Å²) < 4.78 is 0. The van der Waals surface area contributed by atoms with E-state index >= 15 is 0 Å². The number of hydrogen-bond acceptors (Lipinski definition) is 2. The lowest BCUT2D eigenvalue weighted by Crippen LogP contribution is -2.32. The van der Waals surface area contributed by atoms with Crippen molar-refractivity contribution in [3.63, 3.8) is 0 Å². The molecule has 2 N–H and O–H groups in total. The van der Waals surface area contributed by atoms with Gasteiger partial charge in [0.05, 0.1) is 11.9 Å². The highest BCUT2D eigenvalue weighted by Crippen LogP contribution is 2.23. The molecule has 0 atom stereocenters. The fraction of sp³-hybridized carbons (Fsp3) is 0.538. The topological polar surface area (TPSA) is 54.0 Å². The molecule has 0 radical (unpaired) electrons. The minimum Gasteiger partial charge on any atom is -0.338 e. The van der Waals surface area contributed by atoms with Crippen molar-refractivity contribution in [1.82, 2.24) is 10.3 Å². The molecular formula is C13H19N3O. The maximum absolute atomic E-state index is 11.6. The number of carbonyl (C=O) groups excluding carboxylic acids is 1. The first kappa shape index (κ1) is 11.9. The number of hydrogen-bond donors (Lipinski definition) is 2. The van der Waals surface area contributed by atoms with Gasteiger partial charge >= 0.3 is 6.03 Å². The predicted molar refractivity (Wildman–Crippen MR) is 68.0 cm³/mol. The van der Waals surface area contributed by atoms with E-state index in [2.05, 4.69) is 15.6 Å². The van der Waals surface area contributed by atoms with E-state index in [0.29, 0.717) is 5.92 Å². The Kier molecular flexibility index (Phi) is 3.96. The molecule has 4 nitrogen and oxygen atoms in total. The summed E-state index contributed by atoms with van der Waals surface area (Å²) in [6.07, 6.45) is 6.76. The van der Waals surface area contributed by atoms with Gasteiger partial charge in [0, 0.05) is 12.2 Å². The molecule has 1 saturated carbocycles. The van der Waals surface area contributed by atoms with Crippen LogP contribution in [0.4, 0.5) is 10.5 Å². The standard InChI is InChI=1S/C13H19N3O/c1-10-6-7-12(9-14-10)16-13(17)15-8-11-4-2-3-5-11/h6-7,9,11H,2-5,8H2,1H3,(H2,15,16,17). The largest absolute Gasteiger partial charge is 0.338 e. The molecule has 17 heavy (non-hydrogen) atoms. The summed E-state index contributed by atoms with van der Waals surface area (Å²) in [6.45, 7) is 2.70. The Bertz CT molecular complexity index is 369. The molecule has 0 bridgehead atoms. The maximum Gasteiger partial charge on any atom is 0.319 e. The molecule has 1 aliphatic carbocycles. The van der Waals surface area contributed by atoms with E-state index in [1.807, 2.05) is 19.1 Å². The smallest absolute Gasteiger partial charge is 0.319 e. The quantitative estimate of drug-likeness (QED) is 0.843. The molecule has 1 fully saturated rings. The Morgan fingerprint density at radius 1 is 1.41 bits per heavy atom. The first-order valence-electron chi connectivity index (χ1n) is 6.21. The molecule has 92 valence electrons. The highest BCUT2D eigenvalue weighted by molar-refractivity contribution is 5.88. The van der Waals surface area contributed by atoms with Crippen LogP contribution >= 0.6 is 0 Å². The fourth-order valence-corrected chi connectivity index (χ4v) is 2.17. The van der Waals surface area contributed by atoms with E-state index in [9.17, 15) is 4.79 Å². The summed E-state index contributed by atoms with van der Waals surface area (Å²) in [4.78, 5) is 15.7. The first-order chi connectivity index (χ1) is 8.24. The molecule has 1 aromatic heterocycles. The number of carbonyl (C=O) groups is 1. The molecule has 0 saturated heterocycles. The second kappa shape index (κ2) is 5.66. The Labute approximate surface area is 102 Å². The van der Waals surface area contributed by atoms with E-state index < -0.39 is 0 Å². The molecule has 2 amide bonds. The second-order valence-corrected chi connectivity index (χ2v) is 4.67. The zero-order valence-corrected chi connectivity index (χ0v) is 10.2. The number of aryl methyl sites for hydroxylation is 1. The molecule has 2 rings (SSSR count). The lowest BCUT2D eigenvalue weighted by molar-refractivity contribution is 0.250. The number of nitrogens with one attached hydrogen (secondary N) is 2. The van der Waals surface area contributed by atoms with Crippen LogP contribution < -0.4 is 10.6 Å². The summed E-state index contributed by atoms with van der Waals surface area (Å²) >= 11 is 0. The van der Waals surface area contributed by atoms with Crippen molar-refractivity contribution in [3.05, 3.63) is 24.0 Å². The van der Waals surface area contributed by atoms with Crippen LogP contribution in [-0.2, 0) is 0 Å². The van der Waals surface area contributed by atoms with Gasteiger partial charge in [-0.15, -0.1) is 0 Å². The molecule has 1 aliphatic rings. The van der Waals surface area contributed by atoms with Gasteiger partial charge in [0.25, 0.3) is 0 Å². The number of pyridine rings is 1. The Morgan fingerprint density at radius 3 is 2.82 bits per heavy atom. The zero-order valence-electron chi connectivity index (χ0n) is 10.2. The van der Waals surface area contributed by atoms with Crippen LogP contribution in [0.2, 0.25) is 0 Å². The molecule has 1 heterocycles. The summed E-state index contributed by atoms with van der Waals surface area (Å²) in [5.41, 5.74) is 1.68. The van der Waals surface area contributed by atoms with E-state index in [-0.39, 0.29) is 6.03 Å². The Hall–Kier alpha value is -1.58. The van der Waals surface area contributed by atoms with Gasteiger partial charge in [-0.3, -0.25) is 4.98 Å². The number of nitrogens with zero attached hydrogens (tertiary/aromatic N) is 1. The van der Waals surface area contributed by atoms with Gasteiger partial charge < -0.3 is 10.6 Å². The minimum atomic E-state index is -0.137.